The van der Waals surface area contributed by atoms with Crippen molar-refractivity contribution in [3.63, 3.8) is 0 Å². The molecule has 1 aliphatic rings. The highest BCUT2D eigenvalue weighted by Gasteiger charge is 2.37. The highest BCUT2D eigenvalue weighted by atomic mass is 32.2. The zero-order valence-corrected chi connectivity index (χ0v) is 12.1. The largest absolute Gasteiger partial charge is 0.495 e. The van der Waals surface area contributed by atoms with Crippen LogP contribution >= 0.6 is 0 Å². The Labute approximate surface area is 114 Å². The molecule has 0 aromatic heterocycles. The Kier molecular flexibility index (Phi) is 4.01. The third-order valence-electron chi connectivity index (χ3n) is 3.21. The van der Waals surface area contributed by atoms with E-state index in [1.807, 2.05) is 6.92 Å². The SMILES string of the molecule is CCCN(C1CC1)S(=O)(=O)c1ccc(OC)c(N)c1. The van der Waals surface area contributed by atoms with Gasteiger partial charge in [0, 0.05) is 12.6 Å². The van der Waals surface area contributed by atoms with Gasteiger partial charge in [-0.1, -0.05) is 6.92 Å². The van der Waals surface area contributed by atoms with Crippen LogP contribution in [0.2, 0.25) is 0 Å². The molecular formula is C13H20N2O3S. The molecule has 2 rings (SSSR count). The third-order valence-corrected chi connectivity index (χ3v) is 5.15. The minimum Gasteiger partial charge on any atom is -0.495 e. The normalized spacial score (nSPS) is 15.7. The van der Waals surface area contributed by atoms with Crippen molar-refractivity contribution in [3.8, 4) is 5.75 Å². The Hall–Kier alpha value is -1.27. The first-order valence-corrected chi connectivity index (χ1v) is 7.90. The molecule has 1 aliphatic carbocycles. The topological polar surface area (TPSA) is 72.6 Å². The van der Waals surface area contributed by atoms with E-state index < -0.39 is 10.0 Å². The highest BCUT2D eigenvalue weighted by Crippen LogP contribution is 2.33. The van der Waals surface area contributed by atoms with Crippen LogP contribution in [0.5, 0.6) is 5.75 Å². The van der Waals surface area contributed by atoms with Crippen LogP contribution in [-0.4, -0.2) is 32.4 Å². The molecule has 0 radical (unpaired) electrons. The minimum absolute atomic E-state index is 0.160. The number of benzene rings is 1. The summed E-state index contributed by atoms with van der Waals surface area (Å²) in [6.45, 7) is 2.53. The lowest BCUT2D eigenvalue weighted by molar-refractivity contribution is 0.402. The molecule has 1 fully saturated rings. The van der Waals surface area contributed by atoms with Gasteiger partial charge in [0.2, 0.25) is 10.0 Å². The van der Waals surface area contributed by atoms with Crippen molar-refractivity contribution in [2.75, 3.05) is 19.4 Å². The molecular weight excluding hydrogens is 264 g/mol. The highest BCUT2D eigenvalue weighted by molar-refractivity contribution is 7.89. The number of methoxy groups -OCH3 is 1. The molecule has 0 aliphatic heterocycles. The molecule has 0 bridgehead atoms. The van der Waals surface area contributed by atoms with Gasteiger partial charge in [-0.3, -0.25) is 0 Å². The van der Waals surface area contributed by atoms with Gasteiger partial charge in [-0.25, -0.2) is 8.42 Å². The zero-order valence-electron chi connectivity index (χ0n) is 11.3. The number of nitrogen functional groups attached to an aromatic ring is 1. The quantitative estimate of drug-likeness (QED) is 0.809. The maximum absolute atomic E-state index is 12.6. The van der Waals surface area contributed by atoms with Crippen molar-refractivity contribution in [1.29, 1.82) is 0 Å². The Morgan fingerprint density at radius 1 is 1.42 bits per heavy atom. The van der Waals surface area contributed by atoms with Crippen LogP contribution in [0.25, 0.3) is 0 Å². The van der Waals surface area contributed by atoms with Crippen LogP contribution in [0.15, 0.2) is 23.1 Å². The van der Waals surface area contributed by atoms with Crippen LogP contribution < -0.4 is 10.5 Å². The Balaban J connectivity index is 2.34. The number of hydrogen-bond donors (Lipinski definition) is 1. The zero-order chi connectivity index (χ0) is 14.0. The second-order valence-corrected chi connectivity index (χ2v) is 6.64. The molecule has 0 spiro atoms. The second kappa shape index (κ2) is 5.38. The van der Waals surface area contributed by atoms with Crippen molar-refractivity contribution < 1.29 is 13.2 Å². The van der Waals surface area contributed by atoms with Crippen molar-refractivity contribution in [2.45, 2.75) is 37.1 Å². The van der Waals surface area contributed by atoms with Gasteiger partial charge in [-0.05, 0) is 37.5 Å². The monoisotopic (exact) mass is 284 g/mol. The van der Waals surface area contributed by atoms with E-state index in [0.717, 1.165) is 19.3 Å². The molecule has 0 amide bonds. The van der Waals surface area contributed by atoms with Crippen LogP contribution in [0, 0.1) is 0 Å². The lowest BCUT2D eigenvalue weighted by Gasteiger charge is -2.21. The van der Waals surface area contributed by atoms with Crippen LogP contribution in [-0.2, 0) is 10.0 Å². The van der Waals surface area contributed by atoms with Crippen molar-refractivity contribution in [2.24, 2.45) is 0 Å². The summed E-state index contributed by atoms with van der Waals surface area (Å²) in [5.41, 5.74) is 6.13. The van der Waals surface area contributed by atoms with E-state index in [0.29, 0.717) is 18.0 Å². The van der Waals surface area contributed by atoms with E-state index in [-0.39, 0.29) is 10.9 Å². The van der Waals surface area contributed by atoms with Crippen molar-refractivity contribution in [1.82, 2.24) is 4.31 Å². The molecule has 5 nitrogen and oxygen atoms in total. The van der Waals surface area contributed by atoms with E-state index in [4.69, 9.17) is 10.5 Å². The number of anilines is 1. The average Bonchev–Trinajstić information content (AvgIpc) is 3.19. The molecule has 1 saturated carbocycles. The summed E-state index contributed by atoms with van der Waals surface area (Å²) in [7, 11) is -1.94. The predicted octanol–water partition coefficient (Wildman–Crippen LogP) is 1.84. The van der Waals surface area contributed by atoms with E-state index >= 15 is 0 Å². The summed E-state index contributed by atoms with van der Waals surface area (Å²) in [6, 6.07) is 4.78. The summed E-state index contributed by atoms with van der Waals surface area (Å²) in [5, 5.41) is 0. The average molecular weight is 284 g/mol. The molecule has 1 aromatic carbocycles. The summed E-state index contributed by atoms with van der Waals surface area (Å²) < 4.78 is 31.8. The van der Waals surface area contributed by atoms with Gasteiger partial charge in [0.1, 0.15) is 5.75 Å². The van der Waals surface area contributed by atoms with E-state index in [2.05, 4.69) is 0 Å². The molecule has 0 heterocycles. The number of nitrogens with zero attached hydrogens (tertiary/aromatic N) is 1. The van der Waals surface area contributed by atoms with Gasteiger partial charge in [-0.2, -0.15) is 4.31 Å². The van der Waals surface area contributed by atoms with Gasteiger partial charge in [0.25, 0.3) is 0 Å². The molecule has 6 heteroatoms. The molecule has 2 N–H and O–H groups in total. The first-order valence-electron chi connectivity index (χ1n) is 6.46. The predicted molar refractivity (Wildman–Crippen MR) is 74.6 cm³/mol. The van der Waals surface area contributed by atoms with Crippen LogP contribution in [0.3, 0.4) is 0 Å². The molecule has 0 atom stereocenters. The molecule has 19 heavy (non-hydrogen) atoms. The second-order valence-electron chi connectivity index (χ2n) is 4.75. The summed E-state index contributed by atoms with van der Waals surface area (Å²) >= 11 is 0. The summed E-state index contributed by atoms with van der Waals surface area (Å²) in [5.74, 6) is 0.493. The van der Waals surface area contributed by atoms with Crippen LogP contribution in [0.4, 0.5) is 5.69 Å². The number of rotatable bonds is 6. The number of sulfonamides is 1. The summed E-state index contributed by atoms with van der Waals surface area (Å²) in [4.78, 5) is 0.242. The standard InChI is InChI=1S/C13H20N2O3S/c1-3-8-15(10-4-5-10)19(16,17)11-6-7-13(18-2)12(14)9-11/h6-7,9-10H,3-5,8,14H2,1-2H3. The fourth-order valence-corrected chi connectivity index (χ4v) is 3.90. The Morgan fingerprint density at radius 3 is 2.58 bits per heavy atom. The number of hydrogen-bond acceptors (Lipinski definition) is 4. The van der Waals surface area contributed by atoms with Crippen LogP contribution in [0.1, 0.15) is 26.2 Å². The third kappa shape index (κ3) is 2.84. The molecule has 0 saturated heterocycles. The molecule has 0 unspecified atom stereocenters. The maximum Gasteiger partial charge on any atom is 0.243 e. The maximum atomic E-state index is 12.6. The molecule has 106 valence electrons. The Morgan fingerprint density at radius 2 is 2.11 bits per heavy atom. The van der Waals surface area contributed by atoms with Crippen molar-refractivity contribution in [3.05, 3.63) is 18.2 Å². The summed E-state index contributed by atoms with van der Waals surface area (Å²) in [6.07, 6.45) is 2.71. The number of ether oxygens (including phenoxy) is 1. The minimum atomic E-state index is -3.45. The van der Waals surface area contributed by atoms with Gasteiger partial charge in [-0.15, -0.1) is 0 Å². The van der Waals surface area contributed by atoms with E-state index in [1.165, 1.54) is 13.2 Å². The molecule has 1 aromatic rings. The fraction of sp³-hybridized carbons (Fsp3) is 0.538. The van der Waals surface area contributed by atoms with E-state index in [9.17, 15) is 8.42 Å². The lowest BCUT2D eigenvalue weighted by atomic mass is 10.3. The smallest absolute Gasteiger partial charge is 0.243 e. The first-order chi connectivity index (χ1) is 9.00. The van der Waals surface area contributed by atoms with Gasteiger partial charge < -0.3 is 10.5 Å². The number of nitrogens with two attached hydrogens (primary N) is 1. The van der Waals surface area contributed by atoms with Gasteiger partial charge >= 0.3 is 0 Å². The first kappa shape index (κ1) is 14.1. The lowest BCUT2D eigenvalue weighted by Crippen LogP contribution is -2.33. The Bertz CT molecular complexity index is 553. The fourth-order valence-electron chi connectivity index (χ4n) is 2.09. The van der Waals surface area contributed by atoms with Gasteiger partial charge in [0.15, 0.2) is 0 Å². The van der Waals surface area contributed by atoms with E-state index in [1.54, 1.807) is 16.4 Å². The van der Waals surface area contributed by atoms with Gasteiger partial charge in [0.05, 0.1) is 17.7 Å². The van der Waals surface area contributed by atoms with Crippen molar-refractivity contribution >= 4 is 15.7 Å².